The van der Waals surface area contributed by atoms with Crippen LogP contribution in [0.1, 0.15) is 18.9 Å². The van der Waals surface area contributed by atoms with E-state index in [0.29, 0.717) is 36.0 Å². The molecule has 1 N–H and O–H groups in total. The number of urea groups is 1. The number of amides is 2. The molecule has 30 heavy (non-hydrogen) atoms. The molecule has 1 aliphatic heterocycles. The summed E-state index contributed by atoms with van der Waals surface area (Å²) in [6, 6.07) is 13.6. The Balaban J connectivity index is 1.40. The van der Waals surface area contributed by atoms with E-state index >= 15 is 0 Å². The molecule has 1 atom stereocenters. The van der Waals surface area contributed by atoms with Crippen molar-refractivity contribution >= 4 is 29.7 Å². The second-order valence-electron chi connectivity index (χ2n) is 7.19. The fraction of sp³-hybridized carbons (Fsp3) is 0.227. The summed E-state index contributed by atoms with van der Waals surface area (Å²) in [5, 5.41) is 11.0. The Morgan fingerprint density at radius 3 is 2.83 bits per heavy atom. The molecule has 0 radical (unpaired) electrons. The van der Waals surface area contributed by atoms with Crippen LogP contribution in [0.25, 0.3) is 17.5 Å². The number of anilines is 1. The van der Waals surface area contributed by atoms with Gasteiger partial charge in [-0.25, -0.2) is 9.18 Å². The maximum Gasteiger partial charge on any atom is 0.325 e. The predicted molar refractivity (Wildman–Crippen MR) is 113 cm³/mol. The zero-order valence-corrected chi connectivity index (χ0v) is 17.1. The van der Waals surface area contributed by atoms with E-state index < -0.39 is 0 Å². The van der Waals surface area contributed by atoms with Gasteiger partial charge in [0.2, 0.25) is 5.89 Å². The van der Waals surface area contributed by atoms with Gasteiger partial charge in [-0.05, 0) is 42.7 Å². The normalized spacial score (nSPS) is 17.9. The number of likely N-dealkylation sites (tertiary alicyclic amines) is 1. The number of carbonyl (C=O) groups is 1. The number of piperidine rings is 1. The van der Waals surface area contributed by atoms with Gasteiger partial charge in [0.05, 0.1) is 0 Å². The quantitative estimate of drug-likeness (QED) is 0.601. The first-order valence-corrected chi connectivity index (χ1v) is 9.98. The van der Waals surface area contributed by atoms with Crippen molar-refractivity contribution in [3.63, 3.8) is 0 Å². The van der Waals surface area contributed by atoms with Crippen molar-refractivity contribution < 1.29 is 13.6 Å². The van der Waals surface area contributed by atoms with Gasteiger partial charge in [-0.1, -0.05) is 53.5 Å². The monoisotopic (exact) mass is 426 g/mol. The summed E-state index contributed by atoms with van der Waals surface area (Å²) in [7, 11) is 0. The molecule has 4 rings (SSSR count). The minimum Gasteiger partial charge on any atom is -0.403 e. The summed E-state index contributed by atoms with van der Waals surface area (Å²) in [5.41, 5.74) is 2.31. The van der Waals surface area contributed by atoms with E-state index in [1.54, 1.807) is 11.0 Å². The fourth-order valence-corrected chi connectivity index (χ4v) is 3.60. The van der Waals surface area contributed by atoms with E-state index in [-0.39, 0.29) is 23.8 Å². The molecule has 0 aliphatic carbocycles. The first-order chi connectivity index (χ1) is 14.5. The molecule has 1 fully saturated rings. The molecule has 8 heteroatoms. The van der Waals surface area contributed by atoms with Crippen LogP contribution in [0, 0.1) is 11.7 Å². The maximum absolute atomic E-state index is 14.0. The highest BCUT2D eigenvalue weighted by molar-refractivity contribution is 6.30. The average molecular weight is 427 g/mol. The minimum atomic E-state index is -0.315. The zero-order chi connectivity index (χ0) is 21.1. The lowest BCUT2D eigenvalue weighted by molar-refractivity contribution is 0.197. The number of benzene rings is 2. The highest BCUT2D eigenvalue weighted by Gasteiger charge is 2.25. The van der Waals surface area contributed by atoms with Crippen molar-refractivity contribution in [2.75, 3.05) is 18.4 Å². The highest BCUT2D eigenvalue weighted by atomic mass is 35.5. The van der Waals surface area contributed by atoms with Crippen molar-refractivity contribution in [3.8, 4) is 11.5 Å². The number of aromatic nitrogens is 2. The molecule has 0 saturated carbocycles. The lowest BCUT2D eigenvalue weighted by Crippen LogP contribution is -2.42. The van der Waals surface area contributed by atoms with Crippen molar-refractivity contribution in [2.24, 2.45) is 5.92 Å². The second-order valence-corrected chi connectivity index (χ2v) is 7.63. The Hall–Kier alpha value is -3.19. The maximum atomic E-state index is 14.0. The van der Waals surface area contributed by atoms with Crippen molar-refractivity contribution in [2.45, 2.75) is 13.3 Å². The fourth-order valence-electron chi connectivity index (χ4n) is 3.42. The Kier molecular flexibility index (Phi) is 5.81. The van der Waals surface area contributed by atoms with Gasteiger partial charge in [0.25, 0.3) is 0 Å². The zero-order valence-electron chi connectivity index (χ0n) is 16.3. The van der Waals surface area contributed by atoms with E-state index in [9.17, 15) is 9.18 Å². The van der Waals surface area contributed by atoms with E-state index in [1.807, 2.05) is 43.3 Å². The minimum absolute atomic E-state index is 0.0499. The van der Waals surface area contributed by atoms with Crippen LogP contribution in [-0.4, -0.2) is 34.2 Å². The first kappa shape index (κ1) is 20.1. The third kappa shape index (κ3) is 4.52. The lowest BCUT2D eigenvalue weighted by atomic mass is 9.91. The van der Waals surface area contributed by atoms with Crippen molar-refractivity contribution in [3.05, 3.63) is 70.5 Å². The summed E-state index contributed by atoms with van der Waals surface area (Å²) in [5.74, 6) is 0.0991. The number of nitrogens with one attached hydrogen (secondary N) is 1. The van der Waals surface area contributed by atoms with Gasteiger partial charge in [-0.15, -0.1) is 5.10 Å². The van der Waals surface area contributed by atoms with Crippen LogP contribution in [0.2, 0.25) is 5.02 Å². The molecule has 3 aromatic rings. The van der Waals surface area contributed by atoms with Gasteiger partial charge in [-0.3, -0.25) is 5.32 Å². The number of hydrogen-bond acceptors (Lipinski definition) is 4. The summed E-state index contributed by atoms with van der Waals surface area (Å²) >= 11 is 5.98. The molecule has 2 heterocycles. The second kappa shape index (κ2) is 8.67. The van der Waals surface area contributed by atoms with Gasteiger partial charge < -0.3 is 9.32 Å². The third-order valence-corrected chi connectivity index (χ3v) is 5.28. The predicted octanol–water partition coefficient (Wildman–Crippen LogP) is 5.49. The molecular formula is C22H20ClFN4O2. The van der Waals surface area contributed by atoms with Gasteiger partial charge in [0.1, 0.15) is 5.82 Å². The summed E-state index contributed by atoms with van der Waals surface area (Å²) < 4.78 is 19.6. The largest absolute Gasteiger partial charge is 0.403 e. The van der Waals surface area contributed by atoms with E-state index in [0.717, 1.165) is 11.1 Å². The summed E-state index contributed by atoms with van der Waals surface area (Å²) in [6.07, 6.45) is 2.46. The Bertz CT molecular complexity index is 1080. The first-order valence-electron chi connectivity index (χ1n) is 9.60. The van der Waals surface area contributed by atoms with Gasteiger partial charge in [0, 0.05) is 29.2 Å². The summed E-state index contributed by atoms with van der Waals surface area (Å²) in [6.45, 7) is 3.01. The SMILES string of the molecule is CC1CN(C(=O)Nc2nnc(-c3ccccc3)o2)CC/C1=C\c1cc(Cl)ccc1F. The number of nitrogens with zero attached hydrogens (tertiary/aromatic N) is 3. The van der Waals surface area contributed by atoms with Crippen LogP contribution in [0.15, 0.2) is 58.5 Å². The third-order valence-electron chi connectivity index (χ3n) is 5.04. The van der Waals surface area contributed by atoms with Crippen molar-refractivity contribution in [1.82, 2.24) is 15.1 Å². The molecule has 1 unspecified atom stereocenters. The average Bonchev–Trinajstić information content (AvgIpc) is 3.21. The van der Waals surface area contributed by atoms with E-state index in [2.05, 4.69) is 15.5 Å². The molecule has 0 spiro atoms. The van der Waals surface area contributed by atoms with Gasteiger partial charge in [-0.2, -0.15) is 0 Å². The van der Waals surface area contributed by atoms with Gasteiger partial charge in [0.15, 0.2) is 0 Å². The Morgan fingerprint density at radius 1 is 1.27 bits per heavy atom. The molecule has 2 amide bonds. The smallest absolute Gasteiger partial charge is 0.325 e. The topological polar surface area (TPSA) is 71.3 Å². The molecule has 0 bridgehead atoms. The van der Waals surface area contributed by atoms with E-state index in [4.69, 9.17) is 16.0 Å². The molecule has 154 valence electrons. The van der Waals surface area contributed by atoms with Crippen LogP contribution >= 0.6 is 11.6 Å². The molecular weight excluding hydrogens is 407 g/mol. The number of halogens is 2. The molecule has 1 saturated heterocycles. The molecule has 6 nitrogen and oxygen atoms in total. The Labute approximate surface area is 178 Å². The van der Waals surface area contributed by atoms with Crippen molar-refractivity contribution in [1.29, 1.82) is 0 Å². The van der Waals surface area contributed by atoms with Crippen LogP contribution < -0.4 is 5.32 Å². The number of rotatable bonds is 3. The molecule has 1 aliphatic rings. The Morgan fingerprint density at radius 2 is 2.07 bits per heavy atom. The van der Waals surface area contributed by atoms with Crippen LogP contribution in [0.5, 0.6) is 0 Å². The molecule has 1 aromatic heterocycles. The van der Waals surface area contributed by atoms with Gasteiger partial charge >= 0.3 is 12.0 Å². The van der Waals surface area contributed by atoms with Crippen LogP contribution in [0.3, 0.4) is 0 Å². The number of carbonyl (C=O) groups excluding carboxylic acids is 1. The van der Waals surface area contributed by atoms with Crippen LogP contribution in [-0.2, 0) is 0 Å². The standard InChI is InChI=1S/C22H20ClFN4O2/c1-14-13-28(10-9-16(14)11-17-12-18(23)7-8-19(17)24)22(29)25-21-27-26-20(30-21)15-5-3-2-4-6-15/h2-8,11-12,14H,9-10,13H2,1H3,(H,25,27,29)/b16-11+. The van der Waals surface area contributed by atoms with Crippen LogP contribution in [0.4, 0.5) is 15.2 Å². The highest BCUT2D eigenvalue weighted by Crippen LogP contribution is 2.27. The summed E-state index contributed by atoms with van der Waals surface area (Å²) in [4.78, 5) is 14.3. The van der Waals surface area contributed by atoms with E-state index in [1.165, 1.54) is 12.1 Å². The lowest BCUT2D eigenvalue weighted by Gasteiger charge is -2.32. The number of hydrogen-bond donors (Lipinski definition) is 1. The molecule has 2 aromatic carbocycles.